The lowest BCUT2D eigenvalue weighted by Gasteiger charge is -2.12. The highest BCUT2D eigenvalue weighted by molar-refractivity contribution is 6.04. The van der Waals surface area contributed by atoms with Gasteiger partial charge in [0.05, 0.1) is 37.1 Å². The van der Waals surface area contributed by atoms with E-state index in [2.05, 4.69) is 15.5 Å². The molecular weight excluding hydrogens is 432 g/mol. The van der Waals surface area contributed by atoms with Crippen molar-refractivity contribution in [1.29, 1.82) is 0 Å². The highest BCUT2D eigenvalue weighted by atomic mass is 16.6. The molecule has 0 radical (unpaired) electrons. The predicted molar refractivity (Wildman–Crippen MR) is 118 cm³/mol. The van der Waals surface area contributed by atoms with Crippen molar-refractivity contribution in [3.8, 4) is 17.2 Å². The maximum Gasteiger partial charge on any atom is 0.286 e. The van der Waals surface area contributed by atoms with Gasteiger partial charge in [-0.05, 0) is 19.1 Å². The largest absolute Gasteiger partial charge is 0.493 e. The number of ether oxygens (including phenoxy) is 2. The van der Waals surface area contributed by atoms with Crippen LogP contribution in [0, 0.1) is 17.0 Å². The van der Waals surface area contributed by atoms with E-state index in [4.69, 9.17) is 9.47 Å². The van der Waals surface area contributed by atoms with Crippen LogP contribution in [0.1, 0.15) is 15.9 Å². The van der Waals surface area contributed by atoms with E-state index in [-0.39, 0.29) is 22.4 Å². The molecule has 12 nitrogen and oxygen atoms in total. The Kier molecular flexibility index (Phi) is 5.48. The van der Waals surface area contributed by atoms with Gasteiger partial charge in [-0.1, -0.05) is 17.7 Å². The molecule has 4 rings (SSSR count). The number of benzene rings is 2. The highest BCUT2D eigenvalue weighted by Gasteiger charge is 2.25. The average Bonchev–Trinajstić information content (AvgIpc) is 3.25. The summed E-state index contributed by atoms with van der Waals surface area (Å²) in [5.41, 5.74) is 2.97. The van der Waals surface area contributed by atoms with E-state index in [0.717, 1.165) is 22.6 Å². The van der Waals surface area contributed by atoms with Gasteiger partial charge in [0.2, 0.25) is 0 Å². The Morgan fingerprint density at radius 1 is 1.12 bits per heavy atom. The fourth-order valence-electron chi connectivity index (χ4n) is 3.24. The molecule has 0 bridgehead atoms. The van der Waals surface area contributed by atoms with Crippen molar-refractivity contribution >= 4 is 22.6 Å². The van der Waals surface area contributed by atoms with Crippen LogP contribution in [0.15, 0.2) is 53.7 Å². The van der Waals surface area contributed by atoms with Crippen molar-refractivity contribution in [1.82, 2.24) is 19.4 Å². The zero-order chi connectivity index (χ0) is 23.7. The Morgan fingerprint density at radius 3 is 2.42 bits per heavy atom. The van der Waals surface area contributed by atoms with Crippen molar-refractivity contribution in [2.75, 3.05) is 19.6 Å². The summed E-state index contributed by atoms with van der Waals surface area (Å²) in [5, 5.41) is 15.9. The summed E-state index contributed by atoms with van der Waals surface area (Å²) >= 11 is 0. The van der Waals surface area contributed by atoms with E-state index in [9.17, 15) is 19.7 Å². The molecule has 0 fully saturated rings. The normalized spacial score (nSPS) is 10.8. The molecule has 0 saturated carbocycles. The highest BCUT2D eigenvalue weighted by Crippen LogP contribution is 2.34. The third kappa shape index (κ3) is 3.84. The summed E-state index contributed by atoms with van der Waals surface area (Å²) in [4.78, 5) is 40.7. The number of hydrogen-bond donors (Lipinski definition) is 1. The zero-order valence-electron chi connectivity index (χ0n) is 17.8. The summed E-state index contributed by atoms with van der Waals surface area (Å²) in [5.74, 6) is -0.699. The van der Waals surface area contributed by atoms with Crippen molar-refractivity contribution < 1.29 is 19.2 Å². The number of aryl methyl sites for hydroxylation is 1. The number of hydrogen-bond acceptors (Lipinski definition) is 8. The van der Waals surface area contributed by atoms with Crippen LogP contribution in [0.3, 0.4) is 0 Å². The van der Waals surface area contributed by atoms with Gasteiger partial charge in [-0.2, -0.15) is 5.10 Å². The Morgan fingerprint density at radius 2 is 1.79 bits per heavy atom. The first kappa shape index (κ1) is 21.5. The number of fused-ring (bicyclic) bond motifs is 1. The number of aromatic nitrogens is 4. The lowest BCUT2D eigenvalue weighted by atomic mass is 10.1. The van der Waals surface area contributed by atoms with Crippen molar-refractivity contribution in [2.45, 2.75) is 6.92 Å². The molecule has 0 saturated heterocycles. The molecule has 168 valence electrons. The van der Waals surface area contributed by atoms with Crippen LogP contribution in [0.4, 0.5) is 5.69 Å². The Labute approximate surface area is 186 Å². The van der Waals surface area contributed by atoms with Crippen LogP contribution >= 0.6 is 0 Å². The zero-order valence-corrected chi connectivity index (χ0v) is 17.8. The number of carbonyl (C=O) groups excluding carboxylic acids is 1. The number of methoxy groups -OCH3 is 2. The molecule has 2 aromatic heterocycles. The van der Waals surface area contributed by atoms with Gasteiger partial charge >= 0.3 is 0 Å². The van der Waals surface area contributed by atoms with Crippen LogP contribution in [-0.2, 0) is 0 Å². The monoisotopic (exact) mass is 450 g/mol. The molecule has 1 amide bonds. The van der Waals surface area contributed by atoms with Gasteiger partial charge in [-0.3, -0.25) is 25.1 Å². The second kappa shape index (κ2) is 8.42. The minimum atomic E-state index is -0.906. The number of nitro groups is 1. The SMILES string of the molecule is COc1cc(C(=O)Nn2cnc3c(cnn3-c3ccc(C)cc3)c2=O)c([N+](=O)[O-])cc1OC. The number of carbonyl (C=O) groups is 1. The second-order valence-corrected chi connectivity index (χ2v) is 6.97. The van der Waals surface area contributed by atoms with E-state index >= 15 is 0 Å². The molecule has 0 unspecified atom stereocenters. The lowest BCUT2D eigenvalue weighted by molar-refractivity contribution is -0.385. The number of amides is 1. The van der Waals surface area contributed by atoms with Crippen molar-refractivity contribution in [3.63, 3.8) is 0 Å². The average molecular weight is 450 g/mol. The molecule has 0 atom stereocenters. The van der Waals surface area contributed by atoms with Crippen LogP contribution in [0.2, 0.25) is 0 Å². The second-order valence-electron chi connectivity index (χ2n) is 6.97. The van der Waals surface area contributed by atoms with Gasteiger partial charge < -0.3 is 9.47 Å². The first-order valence-corrected chi connectivity index (χ1v) is 9.58. The van der Waals surface area contributed by atoms with Crippen LogP contribution in [0.25, 0.3) is 16.7 Å². The van der Waals surface area contributed by atoms with Gasteiger partial charge in [0.15, 0.2) is 17.1 Å². The molecule has 0 aliphatic heterocycles. The van der Waals surface area contributed by atoms with Gasteiger partial charge in [0.1, 0.15) is 17.3 Å². The molecule has 0 spiro atoms. The molecule has 2 aromatic carbocycles. The van der Waals surface area contributed by atoms with E-state index < -0.39 is 22.1 Å². The number of rotatable bonds is 6. The van der Waals surface area contributed by atoms with Crippen LogP contribution in [0.5, 0.6) is 11.5 Å². The fourth-order valence-corrected chi connectivity index (χ4v) is 3.24. The quantitative estimate of drug-likeness (QED) is 0.348. The maximum absolute atomic E-state index is 12.9. The van der Waals surface area contributed by atoms with Gasteiger partial charge in [0, 0.05) is 6.07 Å². The molecule has 0 aliphatic carbocycles. The van der Waals surface area contributed by atoms with E-state index in [1.54, 1.807) is 0 Å². The number of nitro benzene ring substituents is 1. The Bertz CT molecular complexity index is 1440. The summed E-state index contributed by atoms with van der Waals surface area (Å²) in [7, 11) is 2.65. The first-order valence-electron chi connectivity index (χ1n) is 9.58. The van der Waals surface area contributed by atoms with Crippen molar-refractivity contribution in [2.24, 2.45) is 0 Å². The summed E-state index contributed by atoms with van der Waals surface area (Å²) in [6.45, 7) is 1.95. The van der Waals surface area contributed by atoms with Crippen LogP contribution < -0.4 is 20.5 Å². The number of nitrogens with one attached hydrogen (secondary N) is 1. The Balaban J connectivity index is 1.72. The fraction of sp³-hybridized carbons (Fsp3) is 0.143. The molecule has 2 heterocycles. The molecule has 12 heteroatoms. The third-order valence-electron chi connectivity index (χ3n) is 4.93. The molecule has 1 N–H and O–H groups in total. The molecule has 4 aromatic rings. The standard InChI is InChI=1S/C21H18N6O6/c1-12-4-6-13(7-5-12)26-19-15(10-23-26)21(29)25(11-22-19)24-20(28)14-8-17(32-2)18(33-3)9-16(14)27(30)31/h4-11H,1-3H3,(H,24,28). The summed E-state index contributed by atoms with van der Waals surface area (Å²) in [6, 6.07) is 9.73. The molecule has 0 aliphatic rings. The van der Waals surface area contributed by atoms with Crippen molar-refractivity contribution in [3.05, 3.63) is 80.5 Å². The lowest BCUT2D eigenvalue weighted by Crippen LogP contribution is -2.33. The summed E-state index contributed by atoms with van der Waals surface area (Å²) in [6.07, 6.45) is 2.45. The topological polar surface area (TPSA) is 143 Å². The minimum Gasteiger partial charge on any atom is -0.493 e. The van der Waals surface area contributed by atoms with E-state index in [0.29, 0.717) is 11.3 Å². The van der Waals surface area contributed by atoms with Gasteiger partial charge in [-0.15, -0.1) is 0 Å². The first-order chi connectivity index (χ1) is 15.8. The molecule has 33 heavy (non-hydrogen) atoms. The van der Waals surface area contributed by atoms with E-state index in [1.807, 2.05) is 31.2 Å². The van der Waals surface area contributed by atoms with Gasteiger partial charge in [0.25, 0.3) is 17.2 Å². The van der Waals surface area contributed by atoms with Crippen LogP contribution in [-0.4, -0.2) is 44.5 Å². The molecular formula is C21H18N6O6. The Hall–Kier alpha value is -4.74. The predicted octanol–water partition coefficient (Wildman–Crippen LogP) is 2.20. The summed E-state index contributed by atoms with van der Waals surface area (Å²) < 4.78 is 12.5. The number of nitrogens with zero attached hydrogens (tertiary/aromatic N) is 5. The van der Waals surface area contributed by atoms with E-state index in [1.165, 1.54) is 31.2 Å². The minimum absolute atomic E-state index is 0.0875. The smallest absolute Gasteiger partial charge is 0.286 e. The third-order valence-corrected chi connectivity index (χ3v) is 4.93. The maximum atomic E-state index is 12.9. The van der Waals surface area contributed by atoms with Gasteiger partial charge in [-0.25, -0.2) is 14.3 Å².